The van der Waals surface area contributed by atoms with Gasteiger partial charge in [-0.1, -0.05) is 36.4 Å². The molecule has 0 saturated heterocycles. The summed E-state index contributed by atoms with van der Waals surface area (Å²) in [6.45, 7) is 1.53. The molecule has 0 radical (unpaired) electrons. The van der Waals surface area contributed by atoms with Crippen LogP contribution in [-0.2, 0) is 4.79 Å². The molecule has 0 aliphatic rings. The first-order valence-electron chi connectivity index (χ1n) is 8.05. The van der Waals surface area contributed by atoms with Crippen molar-refractivity contribution in [1.29, 1.82) is 0 Å². The average molecular weight is 352 g/mol. The number of carbonyl (C=O) groups is 2. The van der Waals surface area contributed by atoms with Gasteiger partial charge >= 0.3 is 0 Å². The third-order valence-electron chi connectivity index (χ3n) is 3.83. The lowest BCUT2D eigenvalue weighted by Crippen LogP contribution is -2.47. The maximum absolute atomic E-state index is 12.9. The van der Waals surface area contributed by atoms with Crippen molar-refractivity contribution in [3.8, 4) is 5.75 Å². The highest BCUT2D eigenvalue weighted by Gasteiger charge is 2.16. The molecule has 0 fully saturated rings. The smallest absolute Gasteiger partial charge is 0.279 e. The van der Waals surface area contributed by atoms with E-state index in [0.717, 1.165) is 10.8 Å². The Morgan fingerprint density at radius 2 is 1.62 bits per heavy atom. The molecule has 3 aromatic carbocycles. The van der Waals surface area contributed by atoms with E-state index in [9.17, 15) is 14.0 Å². The van der Waals surface area contributed by atoms with Crippen LogP contribution < -0.4 is 15.6 Å². The van der Waals surface area contributed by atoms with Gasteiger partial charge in [0.15, 0.2) is 6.10 Å². The molecule has 3 aromatic rings. The number of amides is 2. The van der Waals surface area contributed by atoms with Gasteiger partial charge in [0, 0.05) is 5.56 Å². The molecule has 0 aliphatic heterocycles. The highest BCUT2D eigenvalue weighted by Crippen LogP contribution is 2.18. The van der Waals surface area contributed by atoms with Crippen LogP contribution in [0.5, 0.6) is 5.75 Å². The van der Waals surface area contributed by atoms with Gasteiger partial charge in [-0.05, 0) is 48.0 Å². The Hall–Kier alpha value is -3.41. The summed E-state index contributed by atoms with van der Waals surface area (Å²) in [5, 5.41) is 1.72. The molecular formula is C20H17FN2O3. The molecule has 5 nitrogen and oxygen atoms in total. The van der Waals surface area contributed by atoms with Crippen molar-refractivity contribution in [2.24, 2.45) is 0 Å². The number of rotatable bonds is 4. The predicted octanol–water partition coefficient (Wildman–Crippen LogP) is 3.21. The second kappa shape index (κ2) is 7.65. The fourth-order valence-electron chi connectivity index (χ4n) is 2.48. The van der Waals surface area contributed by atoms with Crippen molar-refractivity contribution in [3.05, 3.63) is 78.1 Å². The summed E-state index contributed by atoms with van der Waals surface area (Å²) in [4.78, 5) is 24.5. The summed E-state index contributed by atoms with van der Waals surface area (Å²) in [5.74, 6) is -0.988. The minimum atomic E-state index is -0.867. The number of hydrogen-bond donors (Lipinski definition) is 2. The van der Waals surface area contributed by atoms with Crippen LogP contribution in [0.15, 0.2) is 66.7 Å². The minimum Gasteiger partial charge on any atom is -0.481 e. The van der Waals surface area contributed by atoms with Gasteiger partial charge in [0.2, 0.25) is 0 Å². The molecule has 0 heterocycles. The number of ether oxygens (including phenoxy) is 1. The van der Waals surface area contributed by atoms with Gasteiger partial charge in [-0.25, -0.2) is 4.39 Å². The number of hydrazine groups is 1. The number of benzene rings is 3. The standard InChI is InChI=1S/C20H17FN2O3/c1-13(26-16-11-9-15(21)10-12-16)19(24)22-23-20(25)18-8-4-6-14-5-2-3-7-17(14)18/h2-13H,1H3,(H,22,24)(H,23,25). The molecule has 6 heteroatoms. The Morgan fingerprint density at radius 1 is 0.923 bits per heavy atom. The van der Waals surface area contributed by atoms with Gasteiger partial charge < -0.3 is 4.74 Å². The summed E-state index contributed by atoms with van der Waals surface area (Å²) in [7, 11) is 0. The number of nitrogens with one attached hydrogen (secondary N) is 2. The second-order valence-electron chi connectivity index (χ2n) is 5.68. The van der Waals surface area contributed by atoms with E-state index in [1.807, 2.05) is 30.3 Å². The van der Waals surface area contributed by atoms with Crippen molar-refractivity contribution in [1.82, 2.24) is 10.9 Å². The van der Waals surface area contributed by atoms with Gasteiger partial charge in [0.05, 0.1) is 0 Å². The van der Waals surface area contributed by atoms with Crippen LogP contribution in [0, 0.1) is 5.82 Å². The monoisotopic (exact) mass is 352 g/mol. The maximum Gasteiger partial charge on any atom is 0.279 e. The summed E-state index contributed by atoms with van der Waals surface area (Å²) in [6, 6.07) is 18.2. The van der Waals surface area contributed by atoms with Gasteiger partial charge in [-0.3, -0.25) is 20.4 Å². The van der Waals surface area contributed by atoms with Crippen molar-refractivity contribution >= 4 is 22.6 Å². The Balaban J connectivity index is 1.61. The Morgan fingerprint density at radius 3 is 2.38 bits per heavy atom. The van der Waals surface area contributed by atoms with Gasteiger partial charge in [-0.2, -0.15) is 0 Å². The van der Waals surface area contributed by atoms with Crippen molar-refractivity contribution in [2.75, 3.05) is 0 Å². The Labute approximate surface area is 149 Å². The molecular weight excluding hydrogens is 335 g/mol. The van der Waals surface area contributed by atoms with Crippen LogP contribution >= 0.6 is 0 Å². The molecule has 3 rings (SSSR count). The molecule has 0 saturated carbocycles. The molecule has 26 heavy (non-hydrogen) atoms. The molecule has 1 unspecified atom stereocenters. The van der Waals surface area contributed by atoms with Crippen molar-refractivity contribution in [2.45, 2.75) is 13.0 Å². The van der Waals surface area contributed by atoms with Crippen LogP contribution in [0.25, 0.3) is 10.8 Å². The van der Waals surface area contributed by atoms with Crippen LogP contribution in [0.2, 0.25) is 0 Å². The Bertz CT molecular complexity index is 936. The third kappa shape index (κ3) is 3.97. The number of hydrogen-bond acceptors (Lipinski definition) is 3. The summed E-state index contributed by atoms with van der Waals surface area (Å²) >= 11 is 0. The molecule has 0 aliphatic carbocycles. The lowest BCUT2D eigenvalue weighted by atomic mass is 10.0. The van der Waals surface area contributed by atoms with Crippen LogP contribution in [0.3, 0.4) is 0 Å². The zero-order valence-electron chi connectivity index (χ0n) is 14.0. The van der Waals surface area contributed by atoms with Crippen molar-refractivity contribution in [3.63, 3.8) is 0 Å². The van der Waals surface area contributed by atoms with E-state index in [-0.39, 0.29) is 0 Å². The lowest BCUT2D eigenvalue weighted by Gasteiger charge is -2.15. The van der Waals surface area contributed by atoms with Crippen LogP contribution in [0.1, 0.15) is 17.3 Å². The molecule has 0 aromatic heterocycles. The largest absolute Gasteiger partial charge is 0.481 e. The fourth-order valence-corrected chi connectivity index (χ4v) is 2.48. The first kappa shape index (κ1) is 17.4. The van der Waals surface area contributed by atoms with Gasteiger partial charge in [0.1, 0.15) is 11.6 Å². The molecule has 1 atom stereocenters. The quantitative estimate of drug-likeness (QED) is 0.709. The van der Waals surface area contributed by atoms with Gasteiger partial charge in [0.25, 0.3) is 11.8 Å². The third-order valence-corrected chi connectivity index (χ3v) is 3.83. The minimum absolute atomic E-state index is 0.356. The summed E-state index contributed by atoms with van der Waals surface area (Å²) in [5.41, 5.74) is 5.18. The summed E-state index contributed by atoms with van der Waals surface area (Å²) in [6.07, 6.45) is -0.867. The van der Waals surface area contributed by atoms with E-state index in [2.05, 4.69) is 10.9 Å². The van der Waals surface area contributed by atoms with E-state index in [1.165, 1.54) is 31.2 Å². The summed E-state index contributed by atoms with van der Waals surface area (Å²) < 4.78 is 18.3. The lowest BCUT2D eigenvalue weighted by molar-refractivity contribution is -0.128. The normalized spacial score (nSPS) is 11.6. The maximum atomic E-state index is 12.9. The molecule has 0 spiro atoms. The highest BCUT2D eigenvalue weighted by molar-refractivity contribution is 6.07. The highest BCUT2D eigenvalue weighted by atomic mass is 19.1. The predicted molar refractivity (Wildman–Crippen MR) is 96.0 cm³/mol. The first-order valence-corrected chi connectivity index (χ1v) is 8.05. The van der Waals surface area contributed by atoms with E-state index >= 15 is 0 Å². The van der Waals surface area contributed by atoms with E-state index in [0.29, 0.717) is 11.3 Å². The number of carbonyl (C=O) groups excluding carboxylic acids is 2. The Kier molecular flexibility index (Phi) is 5.12. The molecule has 0 bridgehead atoms. The van der Waals surface area contributed by atoms with Gasteiger partial charge in [-0.15, -0.1) is 0 Å². The SMILES string of the molecule is CC(Oc1ccc(F)cc1)C(=O)NNC(=O)c1cccc2ccccc12. The first-order chi connectivity index (χ1) is 12.5. The zero-order chi connectivity index (χ0) is 18.5. The van der Waals surface area contributed by atoms with Crippen LogP contribution in [0.4, 0.5) is 4.39 Å². The zero-order valence-corrected chi connectivity index (χ0v) is 14.0. The van der Waals surface area contributed by atoms with E-state index in [4.69, 9.17) is 4.74 Å². The van der Waals surface area contributed by atoms with Crippen molar-refractivity contribution < 1.29 is 18.7 Å². The number of fused-ring (bicyclic) bond motifs is 1. The van der Waals surface area contributed by atoms with E-state index in [1.54, 1.807) is 12.1 Å². The second-order valence-corrected chi connectivity index (χ2v) is 5.68. The number of halogens is 1. The van der Waals surface area contributed by atoms with E-state index < -0.39 is 23.7 Å². The molecule has 2 amide bonds. The average Bonchev–Trinajstić information content (AvgIpc) is 2.67. The van der Waals surface area contributed by atoms with Crippen LogP contribution in [-0.4, -0.2) is 17.9 Å². The topological polar surface area (TPSA) is 67.4 Å². The fraction of sp³-hybridized carbons (Fsp3) is 0.100. The molecule has 132 valence electrons. The molecule has 2 N–H and O–H groups in total.